The van der Waals surface area contributed by atoms with Gasteiger partial charge in [-0.25, -0.2) is 36.1 Å². The summed E-state index contributed by atoms with van der Waals surface area (Å²) >= 11 is 2.97. The van der Waals surface area contributed by atoms with Crippen molar-refractivity contribution in [2.24, 2.45) is 16.5 Å². The zero-order valence-electron chi connectivity index (χ0n) is 23.0. The highest BCUT2D eigenvalue weighted by atomic mass is 32.2. The number of nitrogens with two attached hydrogens (primary N) is 2. The number of carbonyl (C=O) groups excluding carboxylic acids is 1. The molecule has 0 spiro atoms. The summed E-state index contributed by atoms with van der Waals surface area (Å²) in [4.78, 5) is 29.6. The number of nitrogens with one attached hydrogen (secondary N) is 4. The molecule has 238 valence electrons. The first-order valence-corrected chi connectivity index (χ1v) is 16.8. The number of thiazole rings is 1. The van der Waals surface area contributed by atoms with Gasteiger partial charge in [0, 0.05) is 50.2 Å². The quantitative estimate of drug-likeness (QED) is 0.0411. The summed E-state index contributed by atoms with van der Waals surface area (Å²) in [6.45, 7) is 0.670. The minimum absolute atomic E-state index is 0.0335. The van der Waals surface area contributed by atoms with Gasteiger partial charge in [-0.2, -0.15) is 11.8 Å². The molecule has 0 aliphatic carbocycles. The van der Waals surface area contributed by atoms with Crippen molar-refractivity contribution in [2.45, 2.75) is 15.5 Å². The topological polar surface area (TPSA) is 282 Å². The lowest BCUT2D eigenvalue weighted by molar-refractivity contribution is -0.355. The van der Waals surface area contributed by atoms with E-state index in [1.807, 2.05) is 5.38 Å². The van der Waals surface area contributed by atoms with Crippen molar-refractivity contribution in [1.82, 2.24) is 19.7 Å². The summed E-state index contributed by atoms with van der Waals surface area (Å²) in [5.74, 6) is -1.40. The molecule has 0 unspecified atom stereocenters. The van der Waals surface area contributed by atoms with Gasteiger partial charge in [-0.05, 0) is 24.3 Å². The molecule has 2 aromatic rings. The van der Waals surface area contributed by atoms with E-state index in [2.05, 4.69) is 29.7 Å². The number of carboxylic acid groups (broad SMARTS) is 2. The minimum Gasteiger partial charge on any atom is -0.545 e. The lowest BCUT2D eigenvalue weighted by atomic mass is 10.4. The number of methoxy groups -OCH3 is 1. The Hall–Kier alpha value is -3.76. The Morgan fingerprint density at radius 2 is 1.86 bits per heavy atom. The molecular formula is C22H32N8O9S4. The standard InChI is InChI=1S/C18H28N8O5S4.C4H4O4/c1-21-17(22-7-9-32-11-13-12-33-18(24-13)25-16(19)20)26-35(29,30)15-5-3-4-14(10-15)34(27,28)23-6-8-31-2;5-3(6)1-2-4(7)8/h3-5,10,12,23H,6-9,11H2,1-2H3,(H2,21,22,26)(H4,19,20,24,25);1-2H,(H,5,6)(H,7,8)/b;2-1+. The SMILES string of the molecule is CN=C(NCCSCc1csc([NH+]=C(N)N)n1)NS(=O)(=O)c1cccc(S(=O)(=O)NCCOC)c1.O=C([O-])/C=C/C(=O)O. The van der Waals surface area contributed by atoms with Crippen LogP contribution in [0.4, 0.5) is 5.13 Å². The van der Waals surface area contributed by atoms with E-state index < -0.39 is 32.0 Å². The summed E-state index contributed by atoms with van der Waals surface area (Å²) in [6, 6.07) is 5.04. The maximum absolute atomic E-state index is 12.8. The second kappa shape index (κ2) is 18.7. The van der Waals surface area contributed by atoms with E-state index in [4.69, 9.17) is 21.3 Å². The van der Waals surface area contributed by atoms with E-state index in [0.29, 0.717) is 35.3 Å². The largest absolute Gasteiger partial charge is 0.545 e. The zero-order valence-corrected chi connectivity index (χ0v) is 26.2. The molecule has 0 aliphatic rings. The Morgan fingerprint density at radius 1 is 1.19 bits per heavy atom. The number of aliphatic imine (C=N–C) groups is 1. The van der Waals surface area contributed by atoms with Crippen molar-refractivity contribution in [3.63, 3.8) is 0 Å². The van der Waals surface area contributed by atoms with E-state index >= 15 is 0 Å². The number of rotatable bonds is 15. The van der Waals surface area contributed by atoms with Crippen LogP contribution in [0.3, 0.4) is 0 Å². The Bertz CT molecular complexity index is 1500. The number of hydrogen-bond donors (Lipinski definition) is 7. The maximum Gasteiger partial charge on any atom is 0.328 e. The summed E-state index contributed by atoms with van der Waals surface area (Å²) < 4.78 is 59.8. The van der Waals surface area contributed by atoms with Crippen molar-refractivity contribution in [1.29, 1.82) is 0 Å². The van der Waals surface area contributed by atoms with Gasteiger partial charge < -0.3 is 36.5 Å². The second-order valence-corrected chi connectivity index (χ2v) is 13.2. The van der Waals surface area contributed by atoms with Crippen LogP contribution >= 0.6 is 23.1 Å². The molecule has 1 aromatic carbocycles. The molecule has 0 saturated heterocycles. The highest BCUT2D eigenvalue weighted by Gasteiger charge is 2.20. The molecule has 0 fully saturated rings. The number of aromatic nitrogens is 1. The number of carbonyl (C=O) groups is 2. The van der Waals surface area contributed by atoms with E-state index in [0.717, 1.165) is 11.8 Å². The number of nitrogens with zero attached hydrogens (tertiary/aromatic N) is 2. The molecular weight excluding hydrogens is 649 g/mol. The summed E-state index contributed by atoms with van der Waals surface area (Å²) in [5.41, 5.74) is 11.6. The van der Waals surface area contributed by atoms with Gasteiger partial charge >= 0.3 is 11.9 Å². The average Bonchev–Trinajstić information content (AvgIpc) is 3.37. The van der Waals surface area contributed by atoms with Crippen LogP contribution in [0.25, 0.3) is 0 Å². The molecule has 0 bridgehead atoms. The third kappa shape index (κ3) is 15.3. The predicted molar refractivity (Wildman–Crippen MR) is 159 cm³/mol. The van der Waals surface area contributed by atoms with Crippen LogP contribution < -0.4 is 36.3 Å². The number of sulfonamides is 2. The zero-order chi connectivity index (χ0) is 32.5. The first-order chi connectivity index (χ1) is 20.2. The van der Waals surface area contributed by atoms with Gasteiger partial charge in [0.1, 0.15) is 5.69 Å². The van der Waals surface area contributed by atoms with Crippen LogP contribution in [0.1, 0.15) is 5.69 Å². The molecule has 2 rings (SSSR count). The smallest absolute Gasteiger partial charge is 0.328 e. The fourth-order valence-corrected chi connectivity index (χ4v) is 6.42. The number of guanidine groups is 2. The number of ether oxygens (including phenoxy) is 1. The van der Waals surface area contributed by atoms with Crippen LogP contribution in [0.2, 0.25) is 0 Å². The summed E-state index contributed by atoms with van der Waals surface area (Å²) in [5, 5.41) is 22.6. The first-order valence-electron chi connectivity index (χ1n) is 11.8. The van der Waals surface area contributed by atoms with Crippen molar-refractivity contribution >= 4 is 72.1 Å². The van der Waals surface area contributed by atoms with Crippen molar-refractivity contribution in [3.8, 4) is 0 Å². The maximum atomic E-state index is 12.8. The number of carboxylic acids is 2. The van der Waals surface area contributed by atoms with E-state index in [1.165, 1.54) is 43.7 Å². The van der Waals surface area contributed by atoms with Gasteiger partial charge in [0.05, 0.1) is 22.4 Å². The lowest BCUT2D eigenvalue weighted by Gasteiger charge is -2.13. The molecule has 0 atom stereocenters. The lowest BCUT2D eigenvalue weighted by Crippen LogP contribution is -2.72. The van der Waals surface area contributed by atoms with Gasteiger partial charge in [-0.1, -0.05) is 17.4 Å². The number of aliphatic carboxylic acids is 2. The van der Waals surface area contributed by atoms with Gasteiger partial charge in [0.15, 0.2) is 0 Å². The summed E-state index contributed by atoms with van der Waals surface area (Å²) in [7, 11) is -5.09. The normalized spacial score (nSPS) is 11.8. The molecule has 43 heavy (non-hydrogen) atoms. The highest BCUT2D eigenvalue weighted by Crippen LogP contribution is 2.17. The van der Waals surface area contributed by atoms with Crippen LogP contribution in [0, 0.1) is 0 Å². The molecule has 21 heteroatoms. The molecule has 0 radical (unpaired) electrons. The predicted octanol–water partition coefficient (Wildman–Crippen LogP) is -3.78. The molecule has 1 heterocycles. The van der Waals surface area contributed by atoms with Crippen LogP contribution in [-0.4, -0.2) is 90.4 Å². The molecule has 1 aromatic heterocycles. The molecule has 9 N–H and O–H groups in total. The van der Waals surface area contributed by atoms with E-state index in [9.17, 15) is 31.5 Å². The number of thioether (sulfide) groups is 1. The van der Waals surface area contributed by atoms with Gasteiger partial charge in [0.2, 0.25) is 16.0 Å². The number of benzene rings is 1. The molecule has 0 amide bonds. The molecule has 17 nitrogen and oxygen atoms in total. The average molecular weight is 681 g/mol. The van der Waals surface area contributed by atoms with Crippen LogP contribution in [0.5, 0.6) is 0 Å². The Morgan fingerprint density at radius 3 is 2.42 bits per heavy atom. The molecule has 0 saturated carbocycles. The third-order valence-corrected chi connectivity index (χ3v) is 9.03. The fraction of sp³-hybridized carbons (Fsp3) is 0.318. The van der Waals surface area contributed by atoms with Gasteiger partial charge in [-0.15, -0.1) is 4.98 Å². The van der Waals surface area contributed by atoms with E-state index in [-0.39, 0.29) is 34.9 Å². The van der Waals surface area contributed by atoms with Crippen molar-refractivity contribution < 1.29 is 46.4 Å². The van der Waals surface area contributed by atoms with Crippen molar-refractivity contribution in [3.05, 3.63) is 47.5 Å². The first kappa shape index (κ1) is 37.3. The van der Waals surface area contributed by atoms with E-state index in [1.54, 1.807) is 11.8 Å². The van der Waals surface area contributed by atoms with Crippen molar-refractivity contribution in [2.75, 3.05) is 39.6 Å². The third-order valence-electron chi connectivity index (χ3n) is 4.43. The van der Waals surface area contributed by atoms with Gasteiger partial charge in [-0.3, -0.25) is 4.99 Å². The van der Waals surface area contributed by atoms with Crippen LogP contribution in [0.15, 0.2) is 56.6 Å². The van der Waals surface area contributed by atoms with Gasteiger partial charge in [0.25, 0.3) is 15.2 Å². The minimum atomic E-state index is -4.08. The summed E-state index contributed by atoms with van der Waals surface area (Å²) in [6.07, 6.45) is 0.942. The Balaban J connectivity index is 0.00000101. The van der Waals surface area contributed by atoms with Crippen LogP contribution in [-0.2, 0) is 40.1 Å². The second-order valence-electron chi connectivity index (χ2n) is 7.74. The Kier molecular flexibility index (Phi) is 16.2. The number of hydrogen-bond acceptors (Lipinski definition) is 12. The monoisotopic (exact) mass is 680 g/mol. The highest BCUT2D eigenvalue weighted by molar-refractivity contribution is 7.98. The molecule has 0 aliphatic heterocycles. The fourth-order valence-electron chi connectivity index (χ4n) is 2.63. The Labute approximate surface area is 256 Å².